The lowest BCUT2D eigenvalue weighted by Crippen LogP contribution is -2.04. The summed E-state index contributed by atoms with van der Waals surface area (Å²) in [6.45, 7) is 1.42. The van der Waals surface area contributed by atoms with Gasteiger partial charge < -0.3 is 24.8 Å². The summed E-state index contributed by atoms with van der Waals surface area (Å²) in [4.78, 5) is 12.3. The van der Waals surface area contributed by atoms with Gasteiger partial charge in [0.25, 0.3) is 0 Å². The Labute approximate surface area is 124 Å². The van der Waals surface area contributed by atoms with E-state index in [4.69, 9.17) is 4.42 Å². The molecule has 0 amide bonds. The third kappa shape index (κ3) is 1.77. The molecule has 112 valence electrons. The summed E-state index contributed by atoms with van der Waals surface area (Å²) >= 11 is 0. The number of hydrogen-bond acceptors (Lipinski definition) is 6. The molecule has 0 unspecified atom stereocenters. The number of aryl methyl sites for hydroxylation is 1. The topological polar surface area (TPSA) is 111 Å². The highest BCUT2D eigenvalue weighted by molar-refractivity contribution is 5.93. The minimum Gasteiger partial charge on any atom is -0.504 e. The molecule has 4 N–H and O–H groups in total. The van der Waals surface area contributed by atoms with E-state index in [-0.39, 0.29) is 22.3 Å². The molecule has 0 radical (unpaired) electrons. The van der Waals surface area contributed by atoms with Gasteiger partial charge in [0.15, 0.2) is 17.3 Å². The van der Waals surface area contributed by atoms with E-state index in [9.17, 15) is 25.2 Å². The fourth-order valence-corrected chi connectivity index (χ4v) is 2.31. The van der Waals surface area contributed by atoms with E-state index in [2.05, 4.69) is 0 Å². The van der Waals surface area contributed by atoms with Crippen LogP contribution >= 0.6 is 0 Å². The number of rotatable bonds is 1. The van der Waals surface area contributed by atoms with Gasteiger partial charge in [-0.1, -0.05) is 30.3 Å². The first-order chi connectivity index (χ1) is 10.4. The zero-order valence-electron chi connectivity index (χ0n) is 11.5. The molecule has 1 heterocycles. The van der Waals surface area contributed by atoms with Crippen LogP contribution in [-0.4, -0.2) is 20.4 Å². The predicted octanol–water partition coefficient (Wildman–Crippen LogP) is 2.59. The lowest BCUT2D eigenvalue weighted by atomic mass is 10.1. The van der Waals surface area contributed by atoms with Gasteiger partial charge in [0.05, 0.1) is 0 Å². The molecule has 0 bridgehead atoms. The van der Waals surface area contributed by atoms with Gasteiger partial charge in [0, 0.05) is 11.1 Å². The summed E-state index contributed by atoms with van der Waals surface area (Å²) in [6, 6.07) is 8.45. The van der Waals surface area contributed by atoms with Crippen LogP contribution in [0, 0.1) is 6.92 Å². The molecule has 2 aromatic carbocycles. The molecule has 0 spiro atoms. The Balaban J connectivity index is 2.51. The van der Waals surface area contributed by atoms with Crippen molar-refractivity contribution in [1.82, 2.24) is 0 Å². The van der Waals surface area contributed by atoms with Crippen LogP contribution in [0.3, 0.4) is 0 Å². The second-order valence-corrected chi connectivity index (χ2v) is 4.85. The zero-order chi connectivity index (χ0) is 16.0. The Morgan fingerprint density at radius 3 is 2.14 bits per heavy atom. The summed E-state index contributed by atoms with van der Waals surface area (Å²) in [5, 5.41) is 38.9. The van der Waals surface area contributed by atoms with E-state index < -0.39 is 28.4 Å². The van der Waals surface area contributed by atoms with E-state index in [1.165, 1.54) is 6.92 Å². The Morgan fingerprint density at radius 1 is 0.864 bits per heavy atom. The fourth-order valence-electron chi connectivity index (χ4n) is 2.31. The second-order valence-electron chi connectivity index (χ2n) is 4.85. The molecule has 6 nitrogen and oxygen atoms in total. The molecule has 0 fully saturated rings. The Hall–Kier alpha value is -3.15. The highest BCUT2D eigenvalue weighted by Crippen LogP contribution is 2.45. The summed E-state index contributed by atoms with van der Waals surface area (Å²) < 4.78 is 5.53. The number of phenolic OH excluding ortho intramolecular Hbond substituents is 3. The van der Waals surface area contributed by atoms with Gasteiger partial charge in [0.2, 0.25) is 16.9 Å². The number of aromatic hydroxyl groups is 4. The fraction of sp³-hybridized carbons (Fsp3) is 0.0625. The van der Waals surface area contributed by atoms with Crippen LogP contribution < -0.4 is 5.43 Å². The molecule has 1 aromatic heterocycles. The molecule has 0 aliphatic carbocycles. The van der Waals surface area contributed by atoms with Crippen LogP contribution in [0.15, 0.2) is 39.5 Å². The second kappa shape index (κ2) is 4.70. The highest BCUT2D eigenvalue weighted by atomic mass is 16.4. The van der Waals surface area contributed by atoms with Crippen molar-refractivity contribution in [1.29, 1.82) is 0 Å². The maximum Gasteiger partial charge on any atom is 0.238 e. The van der Waals surface area contributed by atoms with Gasteiger partial charge >= 0.3 is 0 Å². The van der Waals surface area contributed by atoms with E-state index in [0.717, 1.165) is 0 Å². The van der Waals surface area contributed by atoms with Crippen molar-refractivity contribution in [3.05, 3.63) is 46.1 Å². The van der Waals surface area contributed by atoms with Crippen LogP contribution in [0.5, 0.6) is 23.0 Å². The molecule has 3 rings (SSSR count). The smallest absolute Gasteiger partial charge is 0.238 e. The van der Waals surface area contributed by atoms with Crippen LogP contribution in [-0.2, 0) is 0 Å². The van der Waals surface area contributed by atoms with Crippen molar-refractivity contribution in [2.45, 2.75) is 6.92 Å². The van der Waals surface area contributed by atoms with Crippen molar-refractivity contribution < 1.29 is 24.8 Å². The van der Waals surface area contributed by atoms with Gasteiger partial charge in [-0.15, -0.1) is 0 Å². The Bertz CT molecular complexity index is 941. The molecule has 0 saturated carbocycles. The van der Waals surface area contributed by atoms with Crippen molar-refractivity contribution in [3.8, 4) is 34.3 Å². The van der Waals surface area contributed by atoms with E-state index in [1.54, 1.807) is 30.3 Å². The van der Waals surface area contributed by atoms with Crippen molar-refractivity contribution >= 4 is 11.0 Å². The normalized spacial score (nSPS) is 11.0. The average molecular weight is 300 g/mol. The number of phenols is 3. The molecule has 22 heavy (non-hydrogen) atoms. The first-order valence-corrected chi connectivity index (χ1v) is 6.42. The lowest BCUT2D eigenvalue weighted by molar-refractivity contribution is 0.367. The minimum absolute atomic E-state index is 0.0781. The molecule has 0 aliphatic rings. The van der Waals surface area contributed by atoms with Crippen LogP contribution in [0.2, 0.25) is 0 Å². The number of hydrogen-bond donors (Lipinski definition) is 4. The van der Waals surface area contributed by atoms with Gasteiger partial charge in [-0.3, -0.25) is 4.79 Å². The van der Waals surface area contributed by atoms with Gasteiger partial charge in [-0.05, 0) is 6.92 Å². The van der Waals surface area contributed by atoms with E-state index in [1.807, 2.05) is 0 Å². The molecular formula is C16H12O6. The number of benzene rings is 2. The standard InChI is InChI=1S/C16H12O6/c1-7-10(17)13(20)11(18)9-12(19)14(21)16(22-15(7)9)8-5-3-2-4-6-8/h2-6,17-18,20-21H,1H3. The number of fused-ring (bicyclic) bond motifs is 1. The van der Waals surface area contributed by atoms with Crippen LogP contribution in [0.25, 0.3) is 22.3 Å². The predicted molar refractivity (Wildman–Crippen MR) is 79.3 cm³/mol. The van der Waals surface area contributed by atoms with Gasteiger partial charge in [-0.25, -0.2) is 0 Å². The van der Waals surface area contributed by atoms with Gasteiger partial charge in [0.1, 0.15) is 11.0 Å². The third-order valence-electron chi connectivity index (χ3n) is 3.51. The van der Waals surface area contributed by atoms with Crippen molar-refractivity contribution in [2.24, 2.45) is 0 Å². The molecule has 0 atom stereocenters. The SMILES string of the molecule is Cc1c(O)c(O)c(O)c2c(=O)c(O)c(-c3ccccc3)oc12. The lowest BCUT2D eigenvalue weighted by Gasteiger charge is -2.11. The molecule has 0 saturated heterocycles. The van der Waals surface area contributed by atoms with E-state index >= 15 is 0 Å². The molecule has 6 heteroatoms. The first-order valence-electron chi connectivity index (χ1n) is 6.42. The Kier molecular flexibility index (Phi) is 2.95. The average Bonchev–Trinajstić information content (AvgIpc) is 2.54. The Morgan fingerprint density at radius 2 is 1.50 bits per heavy atom. The molecule has 0 aliphatic heterocycles. The zero-order valence-corrected chi connectivity index (χ0v) is 11.5. The van der Waals surface area contributed by atoms with E-state index in [0.29, 0.717) is 5.56 Å². The molecular weight excluding hydrogens is 288 g/mol. The quantitative estimate of drug-likeness (QED) is 0.514. The highest BCUT2D eigenvalue weighted by Gasteiger charge is 2.24. The summed E-state index contributed by atoms with van der Waals surface area (Å²) in [5.41, 5.74) is -0.449. The van der Waals surface area contributed by atoms with Crippen LogP contribution in [0.1, 0.15) is 5.56 Å². The first kappa shape index (κ1) is 13.8. The maximum absolute atomic E-state index is 12.3. The van der Waals surface area contributed by atoms with Crippen molar-refractivity contribution in [3.63, 3.8) is 0 Å². The summed E-state index contributed by atoms with van der Waals surface area (Å²) in [6.07, 6.45) is 0. The largest absolute Gasteiger partial charge is 0.504 e. The van der Waals surface area contributed by atoms with Gasteiger partial charge in [-0.2, -0.15) is 0 Å². The maximum atomic E-state index is 12.3. The van der Waals surface area contributed by atoms with Crippen molar-refractivity contribution in [2.75, 3.05) is 0 Å². The monoisotopic (exact) mass is 300 g/mol. The van der Waals surface area contributed by atoms with Crippen LogP contribution in [0.4, 0.5) is 0 Å². The summed E-state index contributed by atoms with van der Waals surface area (Å²) in [7, 11) is 0. The summed E-state index contributed by atoms with van der Waals surface area (Å²) in [5.74, 6) is -3.01. The molecule has 3 aromatic rings. The third-order valence-corrected chi connectivity index (χ3v) is 3.51. The minimum atomic E-state index is -0.893.